The molecule has 1 saturated carbocycles. The van der Waals surface area contributed by atoms with Gasteiger partial charge in [-0.2, -0.15) is 0 Å². The van der Waals surface area contributed by atoms with Crippen LogP contribution in [0, 0.1) is 0 Å². The Balaban J connectivity index is 1.44. The molecule has 2 aliphatic rings. The van der Waals surface area contributed by atoms with E-state index in [0.717, 1.165) is 42.1 Å². The van der Waals surface area contributed by atoms with E-state index in [4.69, 9.17) is 9.47 Å². The van der Waals surface area contributed by atoms with Crippen LogP contribution in [0.5, 0.6) is 11.5 Å². The number of anilines is 1. The molecule has 1 amide bonds. The standard InChI is InChI=1S/C23H28N2O3/c1-24(15-18-12-13-21-22(14-18)28-17-27-21)16-23(26)25(19-8-4-2-5-9-19)20-10-6-3-7-11-20/h2,4-5,8-9,12-14,20H,3,6-7,10-11,15-17H2,1H3/p+1. The summed E-state index contributed by atoms with van der Waals surface area (Å²) in [5.41, 5.74) is 2.17. The van der Waals surface area contributed by atoms with Crippen molar-refractivity contribution in [3.63, 3.8) is 0 Å². The van der Waals surface area contributed by atoms with E-state index in [9.17, 15) is 4.79 Å². The molecule has 0 radical (unpaired) electrons. The van der Waals surface area contributed by atoms with Gasteiger partial charge in [0.25, 0.3) is 5.91 Å². The molecule has 1 N–H and O–H groups in total. The van der Waals surface area contributed by atoms with Crippen LogP contribution in [0.2, 0.25) is 0 Å². The first-order valence-electron chi connectivity index (χ1n) is 10.3. The lowest BCUT2D eigenvalue weighted by molar-refractivity contribution is -0.885. The molecule has 4 rings (SSSR count). The first kappa shape index (κ1) is 18.8. The Bertz CT molecular complexity index is 803. The van der Waals surface area contributed by atoms with Gasteiger partial charge in [0.05, 0.1) is 7.05 Å². The molecule has 28 heavy (non-hydrogen) atoms. The van der Waals surface area contributed by atoms with Gasteiger partial charge in [-0.15, -0.1) is 0 Å². The zero-order chi connectivity index (χ0) is 19.3. The van der Waals surface area contributed by atoms with Crippen LogP contribution in [0.4, 0.5) is 5.69 Å². The maximum absolute atomic E-state index is 13.3. The van der Waals surface area contributed by atoms with Gasteiger partial charge in [-0.1, -0.05) is 37.5 Å². The summed E-state index contributed by atoms with van der Waals surface area (Å²) in [5, 5.41) is 0. The minimum Gasteiger partial charge on any atom is -0.454 e. The minimum absolute atomic E-state index is 0.205. The highest BCUT2D eigenvalue weighted by Crippen LogP contribution is 2.32. The van der Waals surface area contributed by atoms with Crippen molar-refractivity contribution in [2.45, 2.75) is 44.7 Å². The predicted molar refractivity (Wildman–Crippen MR) is 109 cm³/mol. The SMILES string of the molecule is C[NH+](CC(=O)N(c1ccccc1)C1CCCCC1)Cc1ccc2c(c1)OCO2. The molecular formula is C23H29N2O3+. The van der Waals surface area contributed by atoms with Crippen molar-refractivity contribution in [3.05, 3.63) is 54.1 Å². The largest absolute Gasteiger partial charge is 0.454 e. The van der Waals surface area contributed by atoms with Crippen LogP contribution < -0.4 is 19.3 Å². The van der Waals surface area contributed by atoms with E-state index in [1.165, 1.54) is 24.2 Å². The zero-order valence-corrected chi connectivity index (χ0v) is 16.5. The molecule has 148 valence electrons. The van der Waals surface area contributed by atoms with Gasteiger partial charge in [-0.3, -0.25) is 4.79 Å². The second-order valence-electron chi connectivity index (χ2n) is 7.89. The fourth-order valence-electron chi connectivity index (χ4n) is 4.29. The molecule has 0 saturated heterocycles. The van der Waals surface area contributed by atoms with Gasteiger partial charge in [0.15, 0.2) is 18.0 Å². The van der Waals surface area contributed by atoms with Gasteiger partial charge in [0.1, 0.15) is 6.54 Å². The topological polar surface area (TPSA) is 43.2 Å². The molecule has 1 aliphatic carbocycles. The molecule has 5 heteroatoms. The van der Waals surface area contributed by atoms with Crippen molar-refractivity contribution < 1.29 is 19.2 Å². The monoisotopic (exact) mass is 381 g/mol. The van der Waals surface area contributed by atoms with Crippen molar-refractivity contribution in [2.24, 2.45) is 0 Å². The molecule has 1 fully saturated rings. The summed E-state index contributed by atoms with van der Waals surface area (Å²) >= 11 is 0. The fraction of sp³-hybridized carbons (Fsp3) is 0.435. The average Bonchev–Trinajstić information content (AvgIpc) is 3.17. The molecular weight excluding hydrogens is 352 g/mol. The van der Waals surface area contributed by atoms with Crippen LogP contribution in [0.25, 0.3) is 0 Å². The maximum atomic E-state index is 13.3. The van der Waals surface area contributed by atoms with Crippen LogP contribution in [-0.2, 0) is 11.3 Å². The maximum Gasteiger partial charge on any atom is 0.282 e. The van der Waals surface area contributed by atoms with Gasteiger partial charge < -0.3 is 19.3 Å². The van der Waals surface area contributed by atoms with E-state index < -0.39 is 0 Å². The first-order valence-corrected chi connectivity index (χ1v) is 10.3. The fourth-order valence-corrected chi connectivity index (χ4v) is 4.29. The number of carbonyl (C=O) groups is 1. The highest BCUT2D eigenvalue weighted by molar-refractivity contribution is 5.94. The Morgan fingerprint density at radius 1 is 1.04 bits per heavy atom. The number of hydrogen-bond acceptors (Lipinski definition) is 3. The first-order chi connectivity index (χ1) is 13.7. The van der Waals surface area contributed by atoms with E-state index in [2.05, 4.69) is 30.1 Å². The molecule has 1 unspecified atom stereocenters. The Hall–Kier alpha value is -2.53. The van der Waals surface area contributed by atoms with E-state index in [-0.39, 0.29) is 12.7 Å². The number of hydrogen-bond donors (Lipinski definition) is 1. The number of fused-ring (bicyclic) bond motifs is 1. The quantitative estimate of drug-likeness (QED) is 0.837. The van der Waals surface area contributed by atoms with E-state index >= 15 is 0 Å². The Morgan fingerprint density at radius 3 is 2.57 bits per heavy atom. The number of carbonyl (C=O) groups excluding carboxylic acids is 1. The second kappa shape index (κ2) is 8.65. The summed E-state index contributed by atoms with van der Waals surface area (Å²) in [6.07, 6.45) is 5.90. The lowest BCUT2D eigenvalue weighted by Crippen LogP contribution is -3.09. The van der Waals surface area contributed by atoms with Crippen LogP contribution in [-0.4, -0.2) is 32.3 Å². The molecule has 2 aromatic rings. The van der Waals surface area contributed by atoms with Crippen molar-refractivity contribution in [1.82, 2.24) is 0 Å². The molecule has 0 spiro atoms. The molecule has 1 atom stereocenters. The third-order valence-corrected chi connectivity index (χ3v) is 5.64. The normalized spacial score (nSPS) is 17.3. The molecule has 0 aromatic heterocycles. The summed E-state index contributed by atoms with van der Waals surface area (Å²) in [6.45, 7) is 1.53. The summed E-state index contributed by atoms with van der Waals surface area (Å²) in [4.78, 5) is 16.5. The molecule has 2 aromatic carbocycles. The van der Waals surface area contributed by atoms with Crippen molar-refractivity contribution in [3.8, 4) is 11.5 Å². The number of rotatable bonds is 6. The summed E-state index contributed by atoms with van der Waals surface area (Å²) in [5.74, 6) is 1.80. The number of nitrogens with zero attached hydrogens (tertiary/aromatic N) is 1. The Kier molecular flexibility index (Phi) is 5.81. The van der Waals surface area contributed by atoms with Crippen molar-refractivity contribution >= 4 is 11.6 Å². The van der Waals surface area contributed by atoms with E-state index in [0.29, 0.717) is 12.6 Å². The third-order valence-electron chi connectivity index (χ3n) is 5.64. The Morgan fingerprint density at radius 2 is 1.79 bits per heavy atom. The van der Waals surface area contributed by atoms with Crippen molar-refractivity contribution in [1.29, 1.82) is 0 Å². The summed E-state index contributed by atoms with van der Waals surface area (Å²) < 4.78 is 10.9. The number of amides is 1. The number of para-hydroxylation sites is 1. The van der Waals surface area contributed by atoms with Crippen LogP contribution in [0.15, 0.2) is 48.5 Å². The lowest BCUT2D eigenvalue weighted by atomic mass is 9.93. The molecule has 5 nitrogen and oxygen atoms in total. The van der Waals surface area contributed by atoms with Gasteiger partial charge >= 0.3 is 0 Å². The van der Waals surface area contributed by atoms with E-state index in [1.54, 1.807) is 0 Å². The van der Waals surface area contributed by atoms with Crippen LogP contribution in [0.1, 0.15) is 37.7 Å². The smallest absolute Gasteiger partial charge is 0.282 e. The average molecular weight is 381 g/mol. The molecule has 1 heterocycles. The number of quaternary nitrogens is 1. The molecule has 1 aliphatic heterocycles. The zero-order valence-electron chi connectivity index (χ0n) is 16.5. The van der Waals surface area contributed by atoms with Gasteiger partial charge in [-0.05, 0) is 43.2 Å². The van der Waals surface area contributed by atoms with Gasteiger partial charge in [0.2, 0.25) is 6.79 Å². The lowest BCUT2D eigenvalue weighted by Gasteiger charge is -2.34. The highest BCUT2D eigenvalue weighted by atomic mass is 16.7. The number of benzene rings is 2. The predicted octanol–water partition coefficient (Wildman–Crippen LogP) is 2.80. The van der Waals surface area contributed by atoms with Gasteiger partial charge in [0, 0.05) is 17.3 Å². The number of likely N-dealkylation sites (N-methyl/N-ethyl adjacent to an activating group) is 1. The van der Waals surface area contributed by atoms with Crippen LogP contribution in [0.3, 0.4) is 0 Å². The van der Waals surface area contributed by atoms with Gasteiger partial charge in [-0.25, -0.2) is 0 Å². The van der Waals surface area contributed by atoms with E-state index in [1.807, 2.05) is 30.3 Å². The number of ether oxygens (including phenoxy) is 2. The molecule has 0 bridgehead atoms. The summed E-state index contributed by atoms with van der Waals surface area (Å²) in [6, 6.07) is 16.5. The van der Waals surface area contributed by atoms with Crippen LogP contribution >= 0.6 is 0 Å². The minimum atomic E-state index is 0.205. The van der Waals surface area contributed by atoms with Crippen molar-refractivity contribution in [2.75, 3.05) is 25.3 Å². The number of nitrogens with one attached hydrogen (secondary N) is 1. The summed E-state index contributed by atoms with van der Waals surface area (Å²) in [7, 11) is 2.08. The highest BCUT2D eigenvalue weighted by Gasteiger charge is 2.28. The Labute approximate surface area is 166 Å². The third kappa shape index (κ3) is 4.30. The second-order valence-corrected chi connectivity index (χ2v) is 7.89.